The van der Waals surface area contributed by atoms with Crippen molar-refractivity contribution in [3.63, 3.8) is 0 Å². The van der Waals surface area contributed by atoms with Crippen LogP contribution in [0.1, 0.15) is 62.7 Å². The fourth-order valence-electron chi connectivity index (χ4n) is 5.35. The molecule has 5 nitrogen and oxygen atoms in total. The number of nitrogens with zero attached hydrogens (tertiary/aromatic N) is 2. The minimum Gasteiger partial charge on any atom is -0.282 e. The van der Waals surface area contributed by atoms with Crippen LogP contribution in [0.5, 0.6) is 0 Å². The number of hydrogen-bond donors (Lipinski definition) is 1. The summed E-state index contributed by atoms with van der Waals surface area (Å²) in [6, 6.07) is 20.6. The molecule has 0 radical (unpaired) electrons. The zero-order valence-corrected chi connectivity index (χ0v) is 20.6. The first-order chi connectivity index (χ1) is 15.0. The van der Waals surface area contributed by atoms with Gasteiger partial charge < -0.3 is 0 Å². The number of alkyl halides is 1. The minimum absolute atomic E-state index is 0.0683. The summed E-state index contributed by atoms with van der Waals surface area (Å²) in [6.07, 6.45) is 4.24. The third kappa shape index (κ3) is 4.28. The van der Waals surface area contributed by atoms with Crippen LogP contribution in [-0.2, 0) is 9.36 Å². The number of rotatable bonds is 6. The van der Waals surface area contributed by atoms with Gasteiger partial charge in [0.15, 0.2) is 0 Å². The van der Waals surface area contributed by atoms with E-state index < -0.39 is 7.59 Å². The van der Waals surface area contributed by atoms with E-state index in [1.165, 1.54) is 0 Å². The second-order valence-corrected chi connectivity index (χ2v) is 11.4. The van der Waals surface area contributed by atoms with E-state index in [-0.39, 0.29) is 35.4 Å². The van der Waals surface area contributed by atoms with E-state index in [2.05, 4.69) is 68.5 Å². The predicted molar refractivity (Wildman–Crippen MR) is 129 cm³/mol. The topological polar surface area (TPSA) is 52.6 Å². The smallest absolute Gasteiger partial charge is 0.282 e. The van der Waals surface area contributed by atoms with Gasteiger partial charge in [-0.3, -0.25) is 14.4 Å². The average Bonchev–Trinajstić information content (AvgIpc) is 3.06. The molecular weight excluding hydrogens is 473 g/mol. The highest BCUT2D eigenvalue weighted by atomic mass is 79.9. The lowest BCUT2D eigenvalue weighted by Crippen LogP contribution is -2.41. The van der Waals surface area contributed by atoms with E-state index in [1.54, 1.807) is 0 Å². The standard InChI is InChI=1S/C24H31BrN3O2P/c1-18(20-11-5-3-6-12-20)27-22-15-9-10-16-23(22)28(31(27,30)26-24(29)17-25)19(2)21-13-7-4-8-14-21/h3-8,11-14,18-19,22-23H,9-10,15-17H2,1-2H3,(H,26,29,30)/t18-,19-,22+,23+/m1/s1. The third-order valence-corrected chi connectivity index (χ3v) is 10.3. The summed E-state index contributed by atoms with van der Waals surface area (Å²) in [5.41, 5.74) is 2.24. The van der Waals surface area contributed by atoms with Gasteiger partial charge in [-0.1, -0.05) is 89.4 Å². The summed E-state index contributed by atoms with van der Waals surface area (Å²) in [6.45, 7) is 4.23. The second kappa shape index (κ2) is 9.58. The number of amides is 1. The fraction of sp³-hybridized carbons (Fsp3) is 0.458. The maximum absolute atomic E-state index is 14.9. The summed E-state index contributed by atoms with van der Waals surface area (Å²) >= 11 is 3.26. The third-order valence-electron chi connectivity index (χ3n) is 6.75. The lowest BCUT2D eigenvalue weighted by atomic mass is 9.88. The van der Waals surface area contributed by atoms with Crippen molar-refractivity contribution in [3.05, 3.63) is 71.8 Å². The number of halogens is 1. The molecule has 166 valence electrons. The maximum Gasteiger partial charge on any atom is 0.312 e. The van der Waals surface area contributed by atoms with Crippen molar-refractivity contribution in [3.8, 4) is 0 Å². The van der Waals surface area contributed by atoms with E-state index in [0.717, 1.165) is 36.8 Å². The summed E-state index contributed by atoms with van der Waals surface area (Å²) in [4.78, 5) is 12.6. The van der Waals surface area contributed by atoms with Gasteiger partial charge in [-0.15, -0.1) is 0 Å². The first-order valence-corrected chi connectivity index (χ1v) is 13.9. The van der Waals surface area contributed by atoms with Gasteiger partial charge in [-0.2, -0.15) is 0 Å². The van der Waals surface area contributed by atoms with Crippen LogP contribution in [0.2, 0.25) is 0 Å². The molecule has 1 N–H and O–H groups in total. The molecule has 4 atom stereocenters. The lowest BCUT2D eigenvalue weighted by Gasteiger charge is -2.38. The molecular formula is C24H31BrN3O2P. The summed E-state index contributed by atoms with van der Waals surface area (Å²) < 4.78 is 19.2. The molecule has 0 bridgehead atoms. The quantitative estimate of drug-likeness (QED) is 0.384. The Balaban J connectivity index is 1.82. The van der Waals surface area contributed by atoms with Crippen molar-refractivity contribution in [1.82, 2.24) is 14.4 Å². The Hall–Kier alpha value is -1.46. The van der Waals surface area contributed by atoms with Gasteiger partial charge in [0.2, 0.25) is 5.91 Å². The Morgan fingerprint density at radius 2 is 1.35 bits per heavy atom. The average molecular weight is 504 g/mol. The second-order valence-electron chi connectivity index (χ2n) is 8.57. The van der Waals surface area contributed by atoms with E-state index in [4.69, 9.17) is 0 Å². The van der Waals surface area contributed by atoms with E-state index in [9.17, 15) is 9.36 Å². The van der Waals surface area contributed by atoms with Gasteiger partial charge in [0.25, 0.3) is 0 Å². The molecule has 0 aromatic heterocycles. The first-order valence-electron chi connectivity index (χ1n) is 11.1. The molecule has 1 aliphatic carbocycles. The monoisotopic (exact) mass is 503 g/mol. The fourth-order valence-corrected chi connectivity index (χ4v) is 9.13. The van der Waals surface area contributed by atoms with E-state index >= 15 is 0 Å². The molecule has 1 saturated heterocycles. The van der Waals surface area contributed by atoms with Crippen LogP contribution in [0.25, 0.3) is 0 Å². The Bertz CT molecular complexity index is 877. The van der Waals surface area contributed by atoms with Crippen molar-refractivity contribution >= 4 is 29.4 Å². The number of hydrogen-bond acceptors (Lipinski definition) is 2. The molecule has 1 amide bonds. The van der Waals surface area contributed by atoms with Gasteiger partial charge in [-0.25, -0.2) is 9.34 Å². The van der Waals surface area contributed by atoms with Gasteiger partial charge >= 0.3 is 7.59 Å². The van der Waals surface area contributed by atoms with Gasteiger partial charge in [0.1, 0.15) is 0 Å². The molecule has 2 aliphatic rings. The van der Waals surface area contributed by atoms with Crippen LogP contribution in [0.15, 0.2) is 60.7 Å². The largest absolute Gasteiger partial charge is 0.312 e. The molecule has 2 aromatic rings. The highest BCUT2D eigenvalue weighted by Crippen LogP contribution is 2.66. The van der Waals surface area contributed by atoms with Crippen LogP contribution in [0.3, 0.4) is 0 Å². The SMILES string of the molecule is C[C@H](c1ccccc1)N1[C@H]2CCCC[C@@H]2N([C@H](C)c2ccccc2)P1(=O)NC(=O)CBr. The number of carbonyl (C=O) groups excluding carboxylic acids is 1. The first kappa shape index (κ1) is 22.7. The Kier molecular flexibility index (Phi) is 7.02. The minimum atomic E-state index is -3.37. The Labute approximate surface area is 193 Å². The zero-order chi connectivity index (χ0) is 22.0. The van der Waals surface area contributed by atoms with Crippen molar-refractivity contribution in [2.45, 2.75) is 63.7 Å². The number of benzene rings is 2. The van der Waals surface area contributed by atoms with Crippen LogP contribution in [-0.4, -0.2) is 32.7 Å². The van der Waals surface area contributed by atoms with Crippen LogP contribution in [0, 0.1) is 0 Å². The molecule has 1 aliphatic heterocycles. The molecule has 2 fully saturated rings. The van der Waals surface area contributed by atoms with Crippen LogP contribution in [0.4, 0.5) is 0 Å². The Morgan fingerprint density at radius 3 is 1.74 bits per heavy atom. The van der Waals surface area contributed by atoms with Crippen molar-refractivity contribution < 1.29 is 9.36 Å². The Morgan fingerprint density at radius 1 is 0.935 bits per heavy atom. The van der Waals surface area contributed by atoms with E-state index in [1.807, 2.05) is 36.4 Å². The predicted octanol–water partition coefficient (Wildman–Crippen LogP) is 6.06. The zero-order valence-electron chi connectivity index (χ0n) is 18.2. The lowest BCUT2D eigenvalue weighted by molar-refractivity contribution is -0.117. The maximum atomic E-state index is 14.9. The van der Waals surface area contributed by atoms with Gasteiger partial charge in [0.05, 0.1) is 5.33 Å². The normalized spacial score (nSPS) is 25.5. The van der Waals surface area contributed by atoms with Gasteiger partial charge in [-0.05, 0) is 37.8 Å². The van der Waals surface area contributed by atoms with Crippen molar-refractivity contribution in [1.29, 1.82) is 0 Å². The van der Waals surface area contributed by atoms with Gasteiger partial charge in [0, 0.05) is 24.2 Å². The summed E-state index contributed by atoms with van der Waals surface area (Å²) in [5, 5.41) is 3.12. The van der Waals surface area contributed by atoms with Crippen LogP contribution >= 0.6 is 23.5 Å². The number of carbonyl (C=O) groups is 1. The number of fused-ring (bicyclic) bond motifs is 1. The summed E-state index contributed by atoms with van der Waals surface area (Å²) in [5.74, 6) is -0.238. The summed E-state index contributed by atoms with van der Waals surface area (Å²) in [7, 11) is -3.37. The molecule has 31 heavy (non-hydrogen) atoms. The molecule has 1 saturated carbocycles. The molecule has 0 spiro atoms. The van der Waals surface area contributed by atoms with Crippen molar-refractivity contribution in [2.24, 2.45) is 0 Å². The molecule has 4 rings (SSSR count). The number of nitrogens with one attached hydrogen (secondary N) is 1. The highest BCUT2D eigenvalue weighted by molar-refractivity contribution is 9.09. The van der Waals surface area contributed by atoms with E-state index in [0.29, 0.717) is 0 Å². The van der Waals surface area contributed by atoms with Crippen molar-refractivity contribution in [2.75, 3.05) is 5.33 Å². The highest BCUT2D eigenvalue weighted by Gasteiger charge is 2.59. The van der Waals surface area contributed by atoms with Crippen LogP contribution < -0.4 is 5.09 Å². The molecule has 2 aromatic carbocycles. The molecule has 7 heteroatoms. The molecule has 0 unspecified atom stereocenters. The molecule has 1 heterocycles.